The lowest BCUT2D eigenvalue weighted by atomic mass is 9.92. The van der Waals surface area contributed by atoms with Crippen LogP contribution < -0.4 is 5.32 Å². The van der Waals surface area contributed by atoms with Crippen LogP contribution in [0.25, 0.3) is 5.57 Å². The molecule has 0 saturated heterocycles. The zero-order valence-corrected chi connectivity index (χ0v) is 17.3. The fourth-order valence-electron chi connectivity index (χ4n) is 4.55. The summed E-state index contributed by atoms with van der Waals surface area (Å²) in [6.07, 6.45) is 9.14. The highest BCUT2D eigenvalue weighted by atomic mass is 15.2. The van der Waals surface area contributed by atoms with Crippen LogP contribution in [0.5, 0.6) is 0 Å². The van der Waals surface area contributed by atoms with Gasteiger partial charge >= 0.3 is 0 Å². The van der Waals surface area contributed by atoms with Crippen molar-refractivity contribution in [2.24, 2.45) is 5.92 Å². The molecule has 4 rings (SSSR count). The van der Waals surface area contributed by atoms with E-state index in [0.717, 1.165) is 24.8 Å². The smallest absolute Gasteiger partial charge is 0.0985 e. The Hall–Kier alpha value is -2.48. The summed E-state index contributed by atoms with van der Waals surface area (Å²) in [5.74, 6) is 1.86. The van der Waals surface area contributed by atoms with E-state index >= 15 is 0 Å². The van der Waals surface area contributed by atoms with E-state index in [2.05, 4.69) is 79.3 Å². The van der Waals surface area contributed by atoms with Gasteiger partial charge in [-0.1, -0.05) is 80.3 Å². The molecule has 2 aromatic carbocycles. The van der Waals surface area contributed by atoms with Crippen LogP contribution in [0.4, 0.5) is 0 Å². The van der Waals surface area contributed by atoms with Gasteiger partial charge < -0.3 is 10.2 Å². The highest BCUT2D eigenvalue weighted by molar-refractivity contribution is 5.69. The van der Waals surface area contributed by atoms with E-state index < -0.39 is 0 Å². The standard InChI is InChI=1S/C26H32N2/c1-19-7-6-10-23(13-19)17-28-18-26(16-27-21(28)3)24-12-11-20(2)25(15-24)14-22-8-4-5-9-22/h6-7,10-13,15,18,22,27H,3-5,8-9,14,16-17H2,1-2H3. The average Bonchev–Trinajstić information content (AvgIpc) is 3.19. The topological polar surface area (TPSA) is 15.3 Å². The lowest BCUT2D eigenvalue weighted by Gasteiger charge is -2.30. The zero-order valence-electron chi connectivity index (χ0n) is 17.3. The second kappa shape index (κ2) is 8.26. The molecule has 0 atom stereocenters. The monoisotopic (exact) mass is 372 g/mol. The summed E-state index contributed by atoms with van der Waals surface area (Å²) in [6.45, 7) is 10.3. The Morgan fingerprint density at radius 1 is 1.07 bits per heavy atom. The summed E-state index contributed by atoms with van der Waals surface area (Å²) in [6, 6.07) is 15.7. The first-order valence-electron chi connectivity index (χ1n) is 10.6. The van der Waals surface area contributed by atoms with E-state index in [0.29, 0.717) is 0 Å². The van der Waals surface area contributed by atoms with Crippen molar-refractivity contribution in [1.82, 2.24) is 10.2 Å². The second-order valence-electron chi connectivity index (χ2n) is 8.57. The number of hydrogen-bond acceptors (Lipinski definition) is 2. The van der Waals surface area contributed by atoms with Crippen molar-refractivity contribution in [3.05, 3.63) is 88.9 Å². The van der Waals surface area contributed by atoms with E-state index in [1.54, 1.807) is 0 Å². The van der Waals surface area contributed by atoms with Crippen molar-refractivity contribution in [2.75, 3.05) is 6.54 Å². The summed E-state index contributed by atoms with van der Waals surface area (Å²) in [4.78, 5) is 2.24. The zero-order chi connectivity index (χ0) is 19.5. The van der Waals surface area contributed by atoms with Crippen LogP contribution in [0.3, 0.4) is 0 Å². The largest absolute Gasteiger partial charge is 0.368 e. The maximum Gasteiger partial charge on any atom is 0.0985 e. The Balaban J connectivity index is 1.56. The summed E-state index contributed by atoms with van der Waals surface area (Å²) < 4.78 is 0. The minimum absolute atomic E-state index is 0.842. The number of rotatable bonds is 5. The highest BCUT2D eigenvalue weighted by Gasteiger charge is 2.19. The molecule has 1 N–H and O–H groups in total. The third kappa shape index (κ3) is 4.32. The minimum Gasteiger partial charge on any atom is -0.368 e. The molecule has 1 saturated carbocycles. The van der Waals surface area contributed by atoms with Crippen molar-refractivity contribution in [1.29, 1.82) is 0 Å². The molecular weight excluding hydrogens is 340 g/mol. The molecular formula is C26H32N2. The number of benzene rings is 2. The van der Waals surface area contributed by atoms with E-state index in [1.807, 2.05) is 0 Å². The third-order valence-electron chi connectivity index (χ3n) is 6.28. The van der Waals surface area contributed by atoms with Crippen molar-refractivity contribution >= 4 is 5.57 Å². The molecule has 28 heavy (non-hydrogen) atoms. The van der Waals surface area contributed by atoms with Gasteiger partial charge in [0.15, 0.2) is 0 Å². The number of aryl methyl sites for hydroxylation is 2. The van der Waals surface area contributed by atoms with Crippen LogP contribution in [0.1, 0.15) is 53.5 Å². The highest BCUT2D eigenvalue weighted by Crippen LogP contribution is 2.30. The van der Waals surface area contributed by atoms with Gasteiger partial charge in [0.05, 0.1) is 5.82 Å². The van der Waals surface area contributed by atoms with Gasteiger partial charge in [-0.3, -0.25) is 0 Å². The predicted octanol–water partition coefficient (Wildman–Crippen LogP) is 5.95. The molecule has 2 aliphatic rings. The first-order chi connectivity index (χ1) is 13.6. The van der Waals surface area contributed by atoms with Crippen LogP contribution in [0.2, 0.25) is 0 Å². The van der Waals surface area contributed by atoms with Gasteiger partial charge in [-0.2, -0.15) is 0 Å². The quantitative estimate of drug-likeness (QED) is 0.697. The molecule has 2 nitrogen and oxygen atoms in total. The maximum atomic E-state index is 4.21. The molecule has 2 heteroatoms. The van der Waals surface area contributed by atoms with E-state index in [-0.39, 0.29) is 0 Å². The van der Waals surface area contributed by atoms with Crippen LogP contribution in [-0.2, 0) is 13.0 Å². The third-order valence-corrected chi connectivity index (χ3v) is 6.28. The summed E-state index contributed by atoms with van der Waals surface area (Å²) >= 11 is 0. The van der Waals surface area contributed by atoms with Crippen LogP contribution >= 0.6 is 0 Å². The predicted molar refractivity (Wildman–Crippen MR) is 119 cm³/mol. The molecule has 0 amide bonds. The van der Waals surface area contributed by atoms with Gasteiger partial charge in [0.2, 0.25) is 0 Å². The van der Waals surface area contributed by atoms with Gasteiger partial charge in [-0.05, 0) is 54.0 Å². The Morgan fingerprint density at radius 2 is 1.89 bits per heavy atom. The van der Waals surface area contributed by atoms with Crippen molar-refractivity contribution in [3.63, 3.8) is 0 Å². The molecule has 0 unspecified atom stereocenters. The lowest BCUT2D eigenvalue weighted by Crippen LogP contribution is -2.33. The van der Waals surface area contributed by atoms with Gasteiger partial charge in [-0.15, -0.1) is 0 Å². The SMILES string of the molecule is C=C1NCC(c2ccc(C)c(CC3CCCC3)c2)=CN1Cc1cccc(C)c1. The lowest BCUT2D eigenvalue weighted by molar-refractivity contribution is 0.416. The van der Waals surface area contributed by atoms with Gasteiger partial charge in [0, 0.05) is 19.3 Å². The first kappa shape index (κ1) is 18.9. The first-order valence-corrected chi connectivity index (χ1v) is 10.6. The molecule has 0 aromatic heterocycles. The fourth-order valence-corrected chi connectivity index (χ4v) is 4.55. The number of nitrogens with zero attached hydrogens (tertiary/aromatic N) is 1. The van der Waals surface area contributed by atoms with Gasteiger partial charge in [-0.25, -0.2) is 0 Å². The van der Waals surface area contributed by atoms with Gasteiger partial charge in [0.1, 0.15) is 0 Å². The van der Waals surface area contributed by atoms with Crippen LogP contribution in [0.15, 0.2) is 61.1 Å². The van der Waals surface area contributed by atoms with E-state index in [4.69, 9.17) is 0 Å². The molecule has 2 aromatic rings. The normalized spacial score (nSPS) is 17.6. The Bertz CT molecular complexity index is 887. The minimum atomic E-state index is 0.842. The summed E-state index contributed by atoms with van der Waals surface area (Å²) in [5, 5.41) is 3.49. The van der Waals surface area contributed by atoms with Crippen LogP contribution in [-0.4, -0.2) is 11.4 Å². The van der Waals surface area contributed by atoms with Crippen LogP contribution in [0, 0.1) is 19.8 Å². The van der Waals surface area contributed by atoms with E-state index in [1.165, 1.54) is 65.5 Å². The maximum absolute atomic E-state index is 4.21. The van der Waals surface area contributed by atoms with Gasteiger partial charge in [0.25, 0.3) is 0 Å². The molecule has 1 aliphatic carbocycles. The Kier molecular flexibility index (Phi) is 5.57. The Morgan fingerprint density at radius 3 is 2.68 bits per heavy atom. The summed E-state index contributed by atoms with van der Waals surface area (Å²) in [7, 11) is 0. The number of hydrogen-bond donors (Lipinski definition) is 1. The Labute approximate surface area is 170 Å². The molecule has 1 heterocycles. The molecule has 0 radical (unpaired) electrons. The van der Waals surface area contributed by atoms with Crippen molar-refractivity contribution < 1.29 is 0 Å². The molecule has 0 spiro atoms. The number of nitrogens with one attached hydrogen (secondary N) is 1. The van der Waals surface area contributed by atoms with Crippen molar-refractivity contribution in [3.8, 4) is 0 Å². The van der Waals surface area contributed by atoms with E-state index in [9.17, 15) is 0 Å². The molecule has 1 aliphatic heterocycles. The summed E-state index contributed by atoms with van der Waals surface area (Å²) in [5.41, 5.74) is 8.25. The second-order valence-corrected chi connectivity index (χ2v) is 8.57. The average molecular weight is 373 g/mol. The molecule has 0 bridgehead atoms. The van der Waals surface area contributed by atoms with Crippen molar-refractivity contribution in [2.45, 2.75) is 52.5 Å². The fraction of sp³-hybridized carbons (Fsp3) is 0.385. The molecule has 1 fully saturated rings. The molecule has 146 valence electrons.